The molecule has 0 aromatic heterocycles. The smallest absolute Gasteiger partial charge is 0.194 e. The van der Waals surface area contributed by atoms with Gasteiger partial charge in [-0.25, -0.2) is 13.2 Å². The van der Waals surface area contributed by atoms with Crippen LogP contribution in [0.3, 0.4) is 0 Å². The van der Waals surface area contributed by atoms with E-state index in [0.717, 1.165) is 25.0 Å². The van der Waals surface area contributed by atoms with Crippen LogP contribution in [-0.4, -0.2) is 13.2 Å². The third-order valence-corrected chi connectivity index (χ3v) is 4.41. The molecule has 1 aliphatic heterocycles. The van der Waals surface area contributed by atoms with Gasteiger partial charge in [0.1, 0.15) is 0 Å². The van der Waals surface area contributed by atoms with E-state index in [-0.39, 0.29) is 11.5 Å². The molecule has 1 atom stereocenters. The zero-order chi connectivity index (χ0) is 17.7. The van der Waals surface area contributed by atoms with E-state index < -0.39 is 23.7 Å². The van der Waals surface area contributed by atoms with E-state index in [9.17, 15) is 13.2 Å². The second-order valence-electron chi connectivity index (χ2n) is 6.15. The van der Waals surface area contributed by atoms with Gasteiger partial charge in [-0.1, -0.05) is 32.4 Å². The minimum Gasteiger partial charge on any atom is -0.348 e. The van der Waals surface area contributed by atoms with Crippen LogP contribution < -0.4 is 0 Å². The van der Waals surface area contributed by atoms with Crippen molar-refractivity contribution in [2.24, 2.45) is 11.8 Å². The molecule has 2 aliphatic rings. The van der Waals surface area contributed by atoms with Crippen LogP contribution in [-0.2, 0) is 9.47 Å². The fourth-order valence-corrected chi connectivity index (χ4v) is 2.98. The van der Waals surface area contributed by atoms with E-state index in [2.05, 4.69) is 13.0 Å². The van der Waals surface area contributed by atoms with E-state index in [0.29, 0.717) is 19.1 Å². The Labute approximate surface area is 141 Å². The van der Waals surface area contributed by atoms with E-state index >= 15 is 0 Å². The number of halogens is 3. The molecule has 1 heterocycles. The summed E-state index contributed by atoms with van der Waals surface area (Å²) >= 11 is 0. The summed E-state index contributed by atoms with van der Waals surface area (Å²) < 4.78 is 50.7. The molecular formula is C19H25F3O2. The van der Waals surface area contributed by atoms with Crippen LogP contribution in [0.15, 0.2) is 23.8 Å². The predicted octanol–water partition coefficient (Wildman–Crippen LogP) is 5.54. The summed E-state index contributed by atoms with van der Waals surface area (Å²) in [5.74, 6) is -3.02. The van der Waals surface area contributed by atoms with Crippen molar-refractivity contribution in [2.75, 3.05) is 13.2 Å². The highest BCUT2D eigenvalue weighted by Gasteiger charge is 2.28. The van der Waals surface area contributed by atoms with Gasteiger partial charge in [-0.2, -0.15) is 0 Å². The highest BCUT2D eigenvalue weighted by atomic mass is 19.2. The first-order valence-electron chi connectivity index (χ1n) is 8.61. The number of hydrogen-bond acceptors (Lipinski definition) is 2. The molecule has 134 valence electrons. The summed E-state index contributed by atoms with van der Waals surface area (Å²) in [6.07, 6.45) is 4.69. The van der Waals surface area contributed by atoms with Gasteiger partial charge in [0.05, 0.1) is 13.2 Å². The van der Waals surface area contributed by atoms with E-state index in [1.807, 2.05) is 13.8 Å². The van der Waals surface area contributed by atoms with Gasteiger partial charge in [-0.3, -0.25) is 0 Å². The molecule has 2 nitrogen and oxygen atoms in total. The number of rotatable bonds is 2. The molecule has 1 saturated heterocycles. The Morgan fingerprint density at radius 3 is 2.08 bits per heavy atom. The average molecular weight is 342 g/mol. The fourth-order valence-electron chi connectivity index (χ4n) is 2.98. The van der Waals surface area contributed by atoms with Crippen molar-refractivity contribution >= 4 is 0 Å². The normalized spacial score (nSPS) is 27.1. The van der Waals surface area contributed by atoms with Gasteiger partial charge < -0.3 is 9.47 Å². The van der Waals surface area contributed by atoms with Gasteiger partial charge in [0, 0.05) is 11.5 Å². The first-order valence-corrected chi connectivity index (χ1v) is 8.61. The Morgan fingerprint density at radius 1 is 1.00 bits per heavy atom. The van der Waals surface area contributed by atoms with E-state index in [4.69, 9.17) is 9.47 Å². The second-order valence-corrected chi connectivity index (χ2v) is 6.15. The number of hydrogen-bond donors (Lipinski definition) is 0. The monoisotopic (exact) mass is 342 g/mol. The van der Waals surface area contributed by atoms with Gasteiger partial charge in [0.15, 0.2) is 23.7 Å². The van der Waals surface area contributed by atoms with Gasteiger partial charge >= 0.3 is 0 Å². The summed E-state index contributed by atoms with van der Waals surface area (Å²) in [6.45, 7) is 7.13. The third-order valence-electron chi connectivity index (χ3n) is 4.41. The molecule has 3 rings (SSSR count). The number of benzene rings is 1. The largest absolute Gasteiger partial charge is 0.348 e. The predicted molar refractivity (Wildman–Crippen MR) is 86.9 cm³/mol. The maximum absolute atomic E-state index is 13.3. The quantitative estimate of drug-likeness (QED) is 0.519. The Balaban J connectivity index is 0.00000100. The zero-order valence-corrected chi connectivity index (χ0v) is 14.5. The lowest BCUT2D eigenvalue weighted by Gasteiger charge is -2.33. The van der Waals surface area contributed by atoms with Crippen molar-refractivity contribution in [3.05, 3.63) is 46.8 Å². The summed E-state index contributed by atoms with van der Waals surface area (Å²) in [7, 11) is 0. The van der Waals surface area contributed by atoms with Crippen molar-refractivity contribution < 1.29 is 22.6 Å². The molecule has 0 bridgehead atoms. The van der Waals surface area contributed by atoms with Crippen molar-refractivity contribution in [3.8, 4) is 0 Å². The Hall–Kier alpha value is -1.33. The summed E-state index contributed by atoms with van der Waals surface area (Å²) in [6, 6.07) is 1.84. The molecule has 0 saturated carbocycles. The maximum atomic E-state index is 13.3. The zero-order valence-electron chi connectivity index (χ0n) is 14.5. The molecule has 0 spiro atoms. The highest BCUT2D eigenvalue weighted by molar-refractivity contribution is 5.21. The molecule has 1 fully saturated rings. The van der Waals surface area contributed by atoms with Crippen LogP contribution in [0.5, 0.6) is 0 Å². The summed E-state index contributed by atoms with van der Waals surface area (Å²) in [4.78, 5) is 0. The van der Waals surface area contributed by atoms with Crippen molar-refractivity contribution in [2.45, 2.75) is 46.3 Å². The number of ether oxygens (including phenoxy) is 2. The second kappa shape index (κ2) is 8.67. The van der Waals surface area contributed by atoms with Crippen molar-refractivity contribution in [3.63, 3.8) is 0 Å². The van der Waals surface area contributed by atoms with Crippen molar-refractivity contribution in [1.29, 1.82) is 0 Å². The van der Waals surface area contributed by atoms with Crippen LogP contribution in [0.1, 0.15) is 51.9 Å². The van der Waals surface area contributed by atoms with Gasteiger partial charge in [-0.05, 0) is 37.3 Å². The maximum Gasteiger partial charge on any atom is 0.194 e. The lowest BCUT2D eigenvalue weighted by Crippen LogP contribution is -2.29. The Kier molecular flexibility index (Phi) is 6.87. The number of allylic oxidation sites excluding steroid dienone is 1. The van der Waals surface area contributed by atoms with Crippen molar-refractivity contribution in [1.82, 2.24) is 0 Å². The minimum atomic E-state index is -1.47. The van der Waals surface area contributed by atoms with Gasteiger partial charge in [0.2, 0.25) is 0 Å². The van der Waals surface area contributed by atoms with E-state index in [1.165, 1.54) is 12.0 Å². The average Bonchev–Trinajstić information content (AvgIpc) is 2.62. The highest BCUT2D eigenvalue weighted by Crippen LogP contribution is 2.34. The van der Waals surface area contributed by atoms with Gasteiger partial charge in [0.25, 0.3) is 0 Å². The molecule has 0 N–H and O–H groups in total. The van der Waals surface area contributed by atoms with Crippen LogP contribution in [0.25, 0.3) is 0 Å². The molecular weight excluding hydrogens is 317 g/mol. The van der Waals surface area contributed by atoms with Crippen LogP contribution in [0, 0.1) is 29.3 Å². The van der Waals surface area contributed by atoms with Gasteiger partial charge in [-0.15, -0.1) is 0 Å². The van der Waals surface area contributed by atoms with Crippen LogP contribution >= 0.6 is 0 Å². The molecule has 0 radical (unpaired) electrons. The summed E-state index contributed by atoms with van der Waals surface area (Å²) in [5.41, 5.74) is 1.51. The minimum absolute atomic E-state index is 0.168. The molecule has 5 heteroatoms. The fraction of sp³-hybridized carbons (Fsp3) is 0.579. The summed E-state index contributed by atoms with van der Waals surface area (Å²) in [5, 5.41) is 0. The standard InChI is InChI=1S/C17H19F3O2.C2H6/c1-10-2-4-11(5-3-10)13-8-21-17(22-9-13)12-6-14(18)16(20)15(19)7-12;1-2/h4,6-7,10,13,17H,2-3,5,8-9H2,1H3;1-2H3. The van der Waals surface area contributed by atoms with E-state index in [1.54, 1.807) is 0 Å². The molecule has 1 aromatic rings. The third kappa shape index (κ3) is 4.39. The molecule has 1 unspecified atom stereocenters. The first kappa shape index (κ1) is 19.0. The molecule has 1 aliphatic carbocycles. The SMILES string of the molecule is CC.CC1CC=C(C2COC(c3cc(F)c(F)c(F)c3)OC2)CC1. The Morgan fingerprint density at radius 2 is 1.58 bits per heavy atom. The first-order chi connectivity index (χ1) is 11.5. The van der Waals surface area contributed by atoms with Crippen LogP contribution in [0.2, 0.25) is 0 Å². The topological polar surface area (TPSA) is 18.5 Å². The lowest BCUT2D eigenvalue weighted by atomic mass is 9.85. The Bertz CT molecular complexity index is 555. The van der Waals surface area contributed by atoms with Crippen LogP contribution in [0.4, 0.5) is 13.2 Å². The molecule has 24 heavy (non-hydrogen) atoms. The molecule has 1 aromatic carbocycles. The lowest BCUT2D eigenvalue weighted by molar-refractivity contribution is -0.199. The molecule has 0 amide bonds.